The summed E-state index contributed by atoms with van der Waals surface area (Å²) < 4.78 is 5.22. The number of carbonyl (C=O) groups excluding carboxylic acids is 1. The van der Waals surface area contributed by atoms with Crippen LogP contribution < -0.4 is 5.73 Å². The van der Waals surface area contributed by atoms with Gasteiger partial charge in [0.1, 0.15) is 5.75 Å². The molecule has 0 aliphatic rings. The van der Waals surface area contributed by atoms with Gasteiger partial charge in [-0.05, 0) is 18.6 Å². The van der Waals surface area contributed by atoms with Crippen molar-refractivity contribution in [2.75, 3.05) is 7.11 Å². The minimum Gasteiger partial charge on any atom is -0.507 e. The van der Waals surface area contributed by atoms with E-state index in [0.717, 1.165) is 5.56 Å². The first-order valence-electron chi connectivity index (χ1n) is 4.77. The van der Waals surface area contributed by atoms with E-state index >= 15 is 0 Å². The van der Waals surface area contributed by atoms with Crippen molar-refractivity contribution in [3.05, 3.63) is 27.7 Å². The molecule has 0 aliphatic heterocycles. The van der Waals surface area contributed by atoms with Crippen LogP contribution in [0.25, 0.3) is 0 Å². The van der Waals surface area contributed by atoms with E-state index in [1.165, 1.54) is 7.11 Å². The molecule has 6 heteroatoms. The van der Waals surface area contributed by atoms with Gasteiger partial charge in [-0.15, -0.1) is 12.4 Å². The number of hydrogen-bond donors (Lipinski definition) is 2. The zero-order valence-electron chi connectivity index (χ0n) is 9.57. The molecule has 1 aromatic carbocycles. The molecule has 0 amide bonds. The van der Waals surface area contributed by atoms with Crippen LogP contribution in [0.1, 0.15) is 23.6 Å². The van der Waals surface area contributed by atoms with Crippen LogP contribution in [0, 0.1) is 6.92 Å². The first-order valence-corrected chi connectivity index (χ1v) is 5.57. The lowest BCUT2D eigenvalue weighted by molar-refractivity contribution is -0.141. The van der Waals surface area contributed by atoms with E-state index in [9.17, 15) is 9.90 Å². The molecule has 0 bridgehead atoms. The van der Waals surface area contributed by atoms with Crippen LogP contribution in [0.4, 0.5) is 0 Å². The quantitative estimate of drug-likeness (QED) is 0.838. The number of benzene rings is 1. The summed E-state index contributed by atoms with van der Waals surface area (Å²) >= 11 is 3.30. The highest BCUT2D eigenvalue weighted by Gasteiger charge is 2.19. The molecule has 0 spiro atoms. The Morgan fingerprint density at radius 3 is 2.71 bits per heavy atom. The normalized spacial score (nSPS) is 11.5. The van der Waals surface area contributed by atoms with Crippen molar-refractivity contribution in [1.82, 2.24) is 0 Å². The molecule has 0 heterocycles. The Bertz CT molecular complexity index is 412. The number of rotatable bonds is 3. The van der Waals surface area contributed by atoms with Crippen LogP contribution in [-0.2, 0) is 9.53 Å². The minimum absolute atomic E-state index is 0. The molecule has 0 aromatic heterocycles. The first-order chi connectivity index (χ1) is 7.47. The number of hydrogen-bond acceptors (Lipinski definition) is 4. The van der Waals surface area contributed by atoms with E-state index in [4.69, 9.17) is 5.73 Å². The van der Waals surface area contributed by atoms with Gasteiger partial charge in [-0.3, -0.25) is 4.79 Å². The number of halogens is 2. The van der Waals surface area contributed by atoms with Gasteiger partial charge in [0.15, 0.2) is 0 Å². The summed E-state index contributed by atoms with van der Waals surface area (Å²) in [7, 11) is 1.31. The number of nitrogens with two attached hydrogens (primary N) is 1. The van der Waals surface area contributed by atoms with Crippen LogP contribution in [0.3, 0.4) is 0 Å². The van der Waals surface area contributed by atoms with Gasteiger partial charge >= 0.3 is 5.97 Å². The molecule has 0 saturated carbocycles. The molecule has 0 unspecified atom stereocenters. The Labute approximate surface area is 115 Å². The van der Waals surface area contributed by atoms with E-state index in [2.05, 4.69) is 20.7 Å². The van der Waals surface area contributed by atoms with E-state index < -0.39 is 12.0 Å². The Morgan fingerprint density at radius 1 is 1.59 bits per heavy atom. The molecule has 0 saturated heterocycles. The average molecular weight is 325 g/mol. The Balaban J connectivity index is 0.00000256. The average Bonchev–Trinajstić information content (AvgIpc) is 2.24. The fraction of sp³-hybridized carbons (Fsp3) is 0.364. The van der Waals surface area contributed by atoms with Crippen molar-refractivity contribution in [3.63, 3.8) is 0 Å². The smallest absolute Gasteiger partial charge is 0.307 e. The predicted octanol–water partition coefficient (Wildman–Crippen LogP) is 2.45. The number of phenols is 1. The molecular weight excluding hydrogens is 309 g/mol. The predicted molar refractivity (Wildman–Crippen MR) is 71.4 cm³/mol. The molecule has 0 radical (unpaired) electrons. The molecule has 1 aromatic rings. The minimum atomic E-state index is -0.582. The fourth-order valence-electron chi connectivity index (χ4n) is 1.41. The highest BCUT2D eigenvalue weighted by atomic mass is 79.9. The van der Waals surface area contributed by atoms with Crippen molar-refractivity contribution in [1.29, 1.82) is 0 Å². The van der Waals surface area contributed by atoms with Gasteiger partial charge in [-0.2, -0.15) is 0 Å². The molecule has 0 fully saturated rings. The van der Waals surface area contributed by atoms with Crippen LogP contribution >= 0.6 is 28.3 Å². The van der Waals surface area contributed by atoms with Gasteiger partial charge in [-0.1, -0.05) is 22.0 Å². The summed E-state index contributed by atoms with van der Waals surface area (Å²) in [6.07, 6.45) is 0.0338. The summed E-state index contributed by atoms with van der Waals surface area (Å²) in [5.41, 5.74) is 7.10. The zero-order chi connectivity index (χ0) is 12.3. The lowest BCUT2D eigenvalue weighted by Gasteiger charge is -2.15. The molecule has 4 nitrogen and oxygen atoms in total. The number of aryl methyl sites for hydroxylation is 1. The topological polar surface area (TPSA) is 72.5 Å². The third-order valence-corrected chi connectivity index (χ3v) is 3.04. The Hall–Kier alpha value is -0.780. The third-order valence-electron chi connectivity index (χ3n) is 2.35. The fourth-order valence-corrected chi connectivity index (χ4v) is 2.02. The Morgan fingerprint density at radius 2 is 2.18 bits per heavy atom. The molecule has 0 aliphatic carbocycles. The third kappa shape index (κ3) is 3.87. The number of methoxy groups -OCH3 is 1. The highest BCUT2D eigenvalue weighted by molar-refractivity contribution is 9.10. The maximum atomic E-state index is 11.1. The van der Waals surface area contributed by atoms with Gasteiger partial charge in [-0.25, -0.2) is 0 Å². The number of ether oxygens (including phenoxy) is 1. The van der Waals surface area contributed by atoms with Gasteiger partial charge in [0.2, 0.25) is 0 Å². The largest absolute Gasteiger partial charge is 0.507 e. The van der Waals surface area contributed by atoms with Crippen LogP contribution in [0.5, 0.6) is 5.75 Å². The second-order valence-corrected chi connectivity index (χ2v) is 4.37. The van der Waals surface area contributed by atoms with Crippen molar-refractivity contribution < 1.29 is 14.6 Å². The molecular formula is C11H15BrClNO3. The maximum Gasteiger partial charge on any atom is 0.307 e. The van der Waals surface area contributed by atoms with Gasteiger partial charge in [0.05, 0.1) is 13.5 Å². The van der Waals surface area contributed by atoms with Crippen molar-refractivity contribution in [3.8, 4) is 5.75 Å². The first kappa shape index (κ1) is 16.2. The summed E-state index contributed by atoms with van der Waals surface area (Å²) in [5, 5.41) is 9.87. The summed E-state index contributed by atoms with van der Waals surface area (Å²) in [4.78, 5) is 11.1. The summed E-state index contributed by atoms with van der Waals surface area (Å²) in [6.45, 7) is 1.77. The van der Waals surface area contributed by atoms with E-state index in [1.54, 1.807) is 19.1 Å². The van der Waals surface area contributed by atoms with Crippen molar-refractivity contribution in [2.24, 2.45) is 5.73 Å². The lowest BCUT2D eigenvalue weighted by atomic mass is 10.0. The monoisotopic (exact) mass is 323 g/mol. The van der Waals surface area contributed by atoms with Crippen molar-refractivity contribution >= 4 is 34.3 Å². The number of phenolic OH excluding ortho intramolecular Hbond substituents is 1. The van der Waals surface area contributed by atoms with Crippen molar-refractivity contribution in [2.45, 2.75) is 19.4 Å². The van der Waals surface area contributed by atoms with Crippen LogP contribution in [0.15, 0.2) is 16.6 Å². The molecule has 96 valence electrons. The van der Waals surface area contributed by atoms with Gasteiger partial charge < -0.3 is 15.6 Å². The van der Waals surface area contributed by atoms with Crippen LogP contribution in [-0.4, -0.2) is 18.2 Å². The zero-order valence-corrected chi connectivity index (χ0v) is 12.0. The second-order valence-electron chi connectivity index (χ2n) is 3.51. The molecule has 1 atom stereocenters. The number of carbonyl (C=O) groups is 1. The van der Waals surface area contributed by atoms with Gasteiger partial charge in [0, 0.05) is 16.1 Å². The Kier molecular flexibility index (Phi) is 6.52. The second kappa shape index (κ2) is 6.83. The molecule has 1 rings (SSSR count). The van der Waals surface area contributed by atoms with Gasteiger partial charge in [0.25, 0.3) is 0 Å². The number of esters is 1. The summed E-state index contributed by atoms with van der Waals surface area (Å²) in [6, 6.07) is 2.98. The number of aromatic hydroxyl groups is 1. The van der Waals surface area contributed by atoms with Crippen LogP contribution in [0.2, 0.25) is 0 Å². The molecule has 17 heavy (non-hydrogen) atoms. The highest BCUT2D eigenvalue weighted by Crippen LogP contribution is 2.34. The SMILES string of the molecule is COC(=O)C[C@@H](N)c1c(Br)ccc(C)c1O.Cl. The van der Waals surface area contributed by atoms with E-state index in [-0.39, 0.29) is 24.6 Å². The van der Waals surface area contributed by atoms with E-state index in [0.29, 0.717) is 10.0 Å². The maximum absolute atomic E-state index is 11.1. The lowest BCUT2D eigenvalue weighted by Crippen LogP contribution is -2.17. The standard InChI is InChI=1S/C11H14BrNO3.ClH/c1-6-3-4-7(12)10(11(6)15)8(13)5-9(14)16-2;/h3-4,8,15H,5,13H2,1-2H3;1H/t8-;/m1./s1. The van der Waals surface area contributed by atoms with E-state index in [1.807, 2.05) is 0 Å². The molecule has 3 N–H and O–H groups in total. The summed E-state index contributed by atoms with van der Waals surface area (Å²) in [5.74, 6) is -0.286.